The first kappa shape index (κ1) is 14.8. The summed E-state index contributed by atoms with van der Waals surface area (Å²) in [7, 11) is 0. The second-order valence-electron chi connectivity index (χ2n) is 5.62. The Morgan fingerprint density at radius 2 is 2.09 bits per heavy atom. The fourth-order valence-corrected chi connectivity index (χ4v) is 3.01. The van der Waals surface area contributed by atoms with E-state index in [0.717, 1.165) is 31.5 Å². The van der Waals surface area contributed by atoms with E-state index in [-0.39, 0.29) is 17.6 Å². The van der Waals surface area contributed by atoms with Crippen LogP contribution in [0.2, 0.25) is 0 Å². The highest BCUT2D eigenvalue weighted by Gasteiger charge is 2.35. The van der Waals surface area contributed by atoms with Crippen LogP contribution in [0.3, 0.4) is 0 Å². The van der Waals surface area contributed by atoms with Gasteiger partial charge in [0.05, 0.1) is 17.2 Å². The molecule has 2 heterocycles. The minimum atomic E-state index is -4.59. The van der Waals surface area contributed by atoms with Crippen molar-refractivity contribution in [3.8, 4) is 6.07 Å². The number of pyridine rings is 1. The van der Waals surface area contributed by atoms with Gasteiger partial charge in [0.1, 0.15) is 5.82 Å². The molecule has 0 saturated heterocycles. The maximum atomic E-state index is 13.1. The van der Waals surface area contributed by atoms with E-state index in [1.165, 1.54) is 4.40 Å². The maximum Gasteiger partial charge on any atom is 0.419 e. The fourth-order valence-electron chi connectivity index (χ4n) is 3.01. The van der Waals surface area contributed by atoms with Crippen LogP contribution in [0.15, 0.2) is 12.3 Å². The zero-order chi connectivity index (χ0) is 15.9. The molecule has 0 amide bonds. The Labute approximate surface area is 124 Å². The summed E-state index contributed by atoms with van der Waals surface area (Å²) in [6.07, 6.45) is -0.326. The van der Waals surface area contributed by atoms with Gasteiger partial charge in [-0.3, -0.25) is 4.40 Å². The molecule has 0 aromatic carbocycles. The molecule has 22 heavy (non-hydrogen) atoms. The maximum absolute atomic E-state index is 13.1. The van der Waals surface area contributed by atoms with E-state index >= 15 is 0 Å². The first-order valence-corrected chi connectivity index (χ1v) is 7.01. The predicted octanol–water partition coefficient (Wildman–Crippen LogP) is 2.60. The van der Waals surface area contributed by atoms with Crippen molar-refractivity contribution in [2.75, 3.05) is 0 Å². The second-order valence-corrected chi connectivity index (χ2v) is 5.62. The monoisotopic (exact) mass is 309 g/mol. The Balaban J connectivity index is 2.12. The largest absolute Gasteiger partial charge is 0.419 e. The molecule has 1 aliphatic carbocycles. The summed E-state index contributed by atoms with van der Waals surface area (Å²) >= 11 is 0. The number of hydrogen-bond acceptors (Lipinski definition) is 4. The van der Waals surface area contributed by atoms with Crippen molar-refractivity contribution in [1.82, 2.24) is 14.6 Å². The third kappa shape index (κ3) is 2.52. The molecule has 1 saturated carbocycles. The summed E-state index contributed by atoms with van der Waals surface area (Å²) in [6.45, 7) is 0. The smallest absolute Gasteiger partial charge is 0.328 e. The number of halogens is 3. The van der Waals surface area contributed by atoms with Gasteiger partial charge in [-0.2, -0.15) is 18.4 Å². The molecule has 5 nitrogen and oxygen atoms in total. The van der Waals surface area contributed by atoms with Crippen LogP contribution in [-0.2, 0) is 6.18 Å². The number of alkyl halides is 3. The number of nitriles is 1. The molecule has 2 atom stereocenters. The molecule has 0 spiro atoms. The lowest BCUT2D eigenvalue weighted by molar-refractivity contribution is -0.138. The molecule has 0 unspecified atom stereocenters. The standard InChI is InChI=1S/C14H14F3N5/c15-14(16,17)11-7-22-12(5-9(11)6-18)20-21-13(22)8-2-1-3-10(19)4-8/h5,7-8,10H,1-4,19H2/t8-,10+/m0/s1. The van der Waals surface area contributed by atoms with Crippen molar-refractivity contribution in [1.29, 1.82) is 5.26 Å². The molecular formula is C14H14F3N5. The van der Waals surface area contributed by atoms with Crippen LogP contribution < -0.4 is 5.73 Å². The van der Waals surface area contributed by atoms with Crippen molar-refractivity contribution < 1.29 is 13.2 Å². The summed E-state index contributed by atoms with van der Waals surface area (Å²) in [5.74, 6) is 0.480. The molecular weight excluding hydrogens is 295 g/mol. The molecule has 8 heteroatoms. The summed E-state index contributed by atoms with van der Waals surface area (Å²) < 4.78 is 40.6. The van der Waals surface area contributed by atoms with E-state index in [9.17, 15) is 13.2 Å². The molecule has 2 aromatic rings. The molecule has 2 aromatic heterocycles. The van der Waals surface area contributed by atoms with Gasteiger partial charge in [-0.15, -0.1) is 10.2 Å². The van der Waals surface area contributed by atoms with Crippen LogP contribution in [0.1, 0.15) is 48.6 Å². The van der Waals surface area contributed by atoms with Gasteiger partial charge in [-0.1, -0.05) is 6.42 Å². The van der Waals surface area contributed by atoms with Crippen LogP contribution in [0.5, 0.6) is 0 Å². The average molecular weight is 309 g/mol. The van der Waals surface area contributed by atoms with Crippen molar-refractivity contribution in [3.63, 3.8) is 0 Å². The summed E-state index contributed by atoms with van der Waals surface area (Å²) in [6, 6.07) is 2.73. The van der Waals surface area contributed by atoms with E-state index in [4.69, 9.17) is 11.0 Å². The van der Waals surface area contributed by atoms with Crippen molar-refractivity contribution in [3.05, 3.63) is 29.2 Å². The SMILES string of the molecule is N#Cc1cc2nnc([C@H]3CCC[C@@H](N)C3)n2cc1C(F)(F)F. The number of nitrogens with zero attached hydrogens (tertiary/aromatic N) is 4. The summed E-state index contributed by atoms with van der Waals surface area (Å²) in [5.41, 5.74) is 4.77. The molecule has 1 fully saturated rings. The Morgan fingerprint density at radius 1 is 1.32 bits per heavy atom. The average Bonchev–Trinajstić information content (AvgIpc) is 2.87. The van der Waals surface area contributed by atoms with Gasteiger partial charge in [-0.25, -0.2) is 0 Å². The van der Waals surface area contributed by atoms with E-state index in [2.05, 4.69) is 10.2 Å². The normalized spacial score (nSPS) is 22.7. The third-order valence-electron chi connectivity index (χ3n) is 4.08. The van der Waals surface area contributed by atoms with Crippen LogP contribution >= 0.6 is 0 Å². The number of nitrogens with two attached hydrogens (primary N) is 1. The Hall–Kier alpha value is -2.14. The van der Waals surface area contributed by atoms with Crippen molar-refractivity contribution >= 4 is 5.65 Å². The van der Waals surface area contributed by atoms with Crippen molar-refractivity contribution in [2.45, 2.75) is 43.8 Å². The molecule has 0 radical (unpaired) electrons. The highest BCUT2D eigenvalue weighted by Crippen LogP contribution is 2.35. The highest BCUT2D eigenvalue weighted by molar-refractivity contribution is 5.50. The number of rotatable bonds is 1. The van der Waals surface area contributed by atoms with Gasteiger partial charge < -0.3 is 5.73 Å². The van der Waals surface area contributed by atoms with E-state index < -0.39 is 17.3 Å². The fraction of sp³-hybridized carbons (Fsp3) is 0.500. The van der Waals surface area contributed by atoms with Crippen LogP contribution in [0.4, 0.5) is 13.2 Å². The molecule has 116 valence electrons. The van der Waals surface area contributed by atoms with Gasteiger partial charge in [0, 0.05) is 24.2 Å². The first-order chi connectivity index (χ1) is 10.4. The van der Waals surface area contributed by atoms with E-state index in [1.54, 1.807) is 6.07 Å². The molecule has 1 aliphatic rings. The van der Waals surface area contributed by atoms with Gasteiger partial charge in [0.25, 0.3) is 0 Å². The van der Waals surface area contributed by atoms with E-state index in [0.29, 0.717) is 12.2 Å². The first-order valence-electron chi connectivity index (χ1n) is 7.01. The predicted molar refractivity (Wildman–Crippen MR) is 71.9 cm³/mol. The quantitative estimate of drug-likeness (QED) is 0.878. The molecule has 2 N–H and O–H groups in total. The minimum Gasteiger partial charge on any atom is -0.328 e. The van der Waals surface area contributed by atoms with Gasteiger partial charge in [-0.05, 0) is 19.3 Å². The lowest BCUT2D eigenvalue weighted by Gasteiger charge is -2.25. The second kappa shape index (κ2) is 5.25. The summed E-state index contributed by atoms with van der Waals surface area (Å²) in [5, 5.41) is 16.8. The van der Waals surface area contributed by atoms with Gasteiger partial charge in [0.15, 0.2) is 5.65 Å². The van der Waals surface area contributed by atoms with Gasteiger partial charge in [0.2, 0.25) is 0 Å². The summed E-state index contributed by atoms with van der Waals surface area (Å²) in [4.78, 5) is 0. The van der Waals surface area contributed by atoms with Crippen molar-refractivity contribution in [2.24, 2.45) is 5.73 Å². The molecule has 0 bridgehead atoms. The number of hydrogen-bond donors (Lipinski definition) is 1. The zero-order valence-corrected chi connectivity index (χ0v) is 11.6. The number of aromatic nitrogens is 3. The lowest BCUT2D eigenvalue weighted by Crippen LogP contribution is -2.27. The van der Waals surface area contributed by atoms with Gasteiger partial charge >= 0.3 is 6.18 Å². The Kier molecular flexibility index (Phi) is 3.53. The molecule has 3 rings (SSSR count). The highest BCUT2D eigenvalue weighted by atomic mass is 19.4. The topological polar surface area (TPSA) is 80.0 Å². The number of fused-ring (bicyclic) bond motifs is 1. The van der Waals surface area contributed by atoms with Crippen LogP contribution in [0.25, 0.3) is 5.65 Å². The third-order valence-corrected chi connectivity index (χ3v) is 4.08. The van der Waals surface area contributed by atoms with Crippen LogP contribution in [-0.4, -0.2) is 20.6 Å². The minimum absolute atomic E-state index is 0.00670. The zero-order valence-electron chi connectivity index (χ0n) is 11.6. The molecule has 0 aliphatic heterocycles. The van der Waals surface area contributed by atoms with Crippen LogP contribution in [0, 0.1) is 11.3 Å². The Bertz CT molecular complexity index is 743. The van der Waals surface area contributed by atoms with E-state index in [1.807, 2.05) is 0 Å². The Morgan fingerprint density at radius 3 is 2.73 bits per heavy atom. The lowest BCUT2D eigenvalue weighted by atomic mass is 9.85.